The van der Waals surface area contributed by atoms with Crippen LogP contribution in [0, 0.1) is 11.3 Å². The third-order valence-corrected chi connectivity index (χ3v) is 3.82. The van der Waals surface area contributed by atoms with Crippen LogP contribution < -0.4 is 10.1 Å². The first-order chi connectivity index (χ1) is 8.89. The zero-order chi connectivity index (χ0) is 14.0. The minimum Gasteiger partial charge on any atom is -0.473 e. The van der Waals surface area contributed by atoms with Crippen molar-refractivity contribution in [2.45, 2.75) is 46.1 Å². The van der Waals surface area contributed by atoms with Gasteiger partial charge < -0.3 is 10.1 Å². The molecule has 2 atom stereocenters. The molecule has 2 unspecified atom stereocenters. The van der Waals surface area contributed by atoms with E-state index < -0.39 is 0 Å². The third kappa shape index (κ3) is 3.72. The van der Waals surface area contributed by atoms with Gasteiger partial charge in [-0.25, -0.2) is 4.98 Å². The number of rotatable bonds is 3. The van der Waals surface area contributed by atoms with Gasteiger partial charge in [-0.3, -0.25) is 0 Å². The van der Waals surface area contributed by atoms with Gasteiger partial charge in [0.2, 0.25) is 11.8 Å². The van der Waals surface area contributed by atoms with E-state index >= 15 is 0 Å². The second kappa shape index (κ2) is 5.53. The van der Waals surface area contributed by atoms with Gasteiger partial charge in [0.15, 0.2) is 0 Å². The van der Waals surface area contributed by atoms with Crippen LogP contribution in [0.5, 0.6) is 5.88 Å². The van der Waals surface area contributed by atoms with Crippen molar-refractivity contribution in [3.8, 4) is 5.88 Å². The van der Waals surface area contributed by atoms with Crippen molar-refractivity contribution < 1.29 is 4.74 Å². The SMILES string of the molecule is CNc1ncc(Cl)c(OC2CC(C)CC(C)(C)C2)n1. The van der Waals surface area contributed by atoms with Crippen LogP contribution >= 0.6 is 11.6 Å². The lowest BCUT2D eigenvalue weighted by atomic mass is 9.71. The predicted molar refractivity (Wildman–Crippen MR) is 77.8 cm³/mol. The van der Waals surface area contributed by atoms with E-state index in [9.17, 15) is 0 Å². The number of nitrogens with one attached hydrogen (secondary N) is 1. The van der Waals surface area contributed by atoms with Crippen molar-refractivity contribution in [1.29, 1.82) is 0 Å². The van der Waals surface area contributed by atoms with Gasteiger partial charge in [-0.15, -0.1) is 0 Å². The molecular weight excluding hydrogens is 262 g/mol. The molecule has 1 fully saturated rings. The smallest absolute Gasteiger partial charge is 0.237 e. The lowest BCUT2D eigenvalue weighted by molar-refractivity contribution is 0.0533. The number of hydrogen-bond donors (Lipinski definition) is 1. The van der Waals surface area contributed by atoms with Crippen molar-refractivity contribution in [3.05, 3.63) is 11.2 Å². The molecule has 0 aliphatic heterocycles. The van der Waals surface area contributed by atoms with Crippen LogP contribution in [0.4, 0.5) is 5.95 Å². The van der Waals surface area contributed by atoms with E-state index in [0.717, 1.165) is 12.8 Å². The van der Waals surface area contributed by atoms with Crippen molar-refractivity contribution in [3.63, 3.8) is 0 Å². The molecule has 1 N–H and O–H groups in total. The number of anilines is 1. The lowest BCUT2D eigenvalue weighted by Gasteiger charge is -2.38. The minimum absolute atomic E-state index is 0.177. The van der Waals surface area contributed by atoms with E-state index in [1.165, 1.54) is 6.42 Å². The van der Waals surface area contributed by atoms with E-state index in [1.54, 1.807) is 13.2 Å². The maximum atomic E-state index is 6.10. The number of ether oxygens (including phenoxy) is 1. The first kappa shape index (κ1) is 14.4. The predicted octanol–water partition coefficient (Wildman–Crippen LogP) is 3.77. The molecule has 1 aliphatic carbocycles. The molecule has 0 aromatic carbocycles. The quantitative estimate of drug-likeness (QED) is 0.917. The molecule has 4 nitrogen and oxygen atoms in total. The molecule has 0 amide bonds. The van der Waals surface area contributed by atoms with Gasteiger partial charge in [0.05, 0.1) is 6.20 Å². The zero-order valence-electron chi connectivity index (χ0n) is 12.0. The summed E-state index contributed by atoms with van der Waals surface area (Å²) in [4.78, 5) is 8.34. The first-order valence-electron chi connectivity index (χ1n) is 6.76. The number of hydrogen-bond acceptors (Lipinski definition) is 4. The van der Waals surface area contributed by atoms with Crippen LogP contribution in [0.3, 0.4) is 0 Å². The molecule has 1 heterocycles. The highest BCUT2D eigenvalue weighted by Crippen LogP contribution is 2.40. The summed E-state index contributed by atoms with van der Waals surface area (Å²) in [6.45, 7) is 6.86. The molecule has 19 heavy (non-hydrogen) atoms. The monoisotopic (exact) mass is 283 g/mol. The molecule has 0 spiro atoms. The average molecular weight is 284 g/mol. The molecule has 0 bridgehead atoms. The minimum atomic E-state index is 0.177. The number of nitrogens with zero attached hydrogens (tertiary/aromatic N) is 2. The van der Waals surface area contributed by atoms with Crippen molar-refractivity contribution >= 4 is 17.5 Å². The zero-order valence-corrected chi connectivity index (χ0v) is 12.8. The van der Waals surface area contributed by atoms with Gasteiger partial charge in [0.25, 0.3) is 0 Å². The Labute approximate surface area is 119 Å². The van der Waals surface area contributed by atoms with Crippen LogP contribution in [0.25, 0.3) is 0 Å². The summed E-state index contributed by atoms with van der Waals surface area (Å²) in [6, 6.07) is 0. The summed E-state index contributed by atoms with van der Waals surface area (Å²) in [5.41, 5.74) is 0.313. The Bertz CT molecular complexity index is 450. The van der Waals surface area contributed by atoms with Crippen molar-refractivity contribution in [2.24, 2.45) is 11.3 Å². The Morgan fingerprint density at radius 1 is 1.42 bits per heavy atom. The average Bonchev–Trinajstić information content (AvgIpc) is 2.29. The number of aromatic nitrogens is 2. The molecular formula is C14H22ClN3O. The van der Waals surface area contributed by atoms with E-state index in [4.69, 9.17) is 16.3 Å². The summed E-state index contributed by atoms with van der Waals surface area (Å²) in [6.07, 6.45) is 5.08. The first-order valence-corrected chi connectivity index (χ1v) is 7.14. The van der Waals surface area contributed by atoms with Gasteiger partial charge >= 0.3 is 0 Å². The lowest BCUT2D eigenvalue weighted by Crippen LogP contribution is -2.34. The second-order valence-electron chi connectivity index (χ2n) is 6.25. The summed E-state index contributed by atoms with van der Waals surface area (Å²) in [7, 11) is 1.78. The summed E-state index contributed by atoms with van der Waals surface area (Å²) in [5, 5.41) is 3.36. The maximum Gasteiger partial charge on any atom is 0.237 e. The fourth-order valence-corrected chi connectivity index (χ4v) is 3.20. The summed E-state index contributed by atoms with van der Waals surface area (Å²) in [5.74, 6) is 1.68. The fourth-order valence-electron chi connectivity index (χ4n) is 3.06. The van der Waals surface area contributed by atoms with Gasteiger partial charge in [-0.05, 0) is 30.6 Å². The molecule has 0 radical (unpaired) electrons. The van der Waals surface area contributed by atoms with E-state index in [1.807, 2.05) is 0 Å². The molecule has 1 aromatic heterocycles. The van der Waals surface area contributed by atoms with Crippen LogP contribution in [0.15, 0.2) is 6.20 Å². The molecule has 5 heteroatoms. The molecule has 0 saturated heterocycles. The van der Waals surface area contributed by atoms with Crippen LogP contribution in [-0.2, 0) is 0 Å². The topological polar surface area (TPSA) is 47.0 Å². The van der Waals surface area contributed by atoms with Crippen molar-refractivity contribution in [2.75, 3.05) is 12.4 Å². The van der Waals surface area contributed by atoms with Gasteiger partial charge in [0.1, 0.15) is 11.1 Å². The fraction of sp³-hybridized carbons (Fsp3) is 0.714. The largest absolute Gasteiger partial charge is 0.473 e. The number of halogens is 1. The standard InChI is InChI=1S/C14H22ClN3O/c1-9-5-10(7-14(2,3)6-9)19-12-11(15)8-17-13(16-4)18-12/h8-10H,5-7H2,1-4H3,(H,16,17,18). The third-order valence-electron chi connectivity index (χ3n) is 3.56. The van der Waals surface area contributed by atoms with Gasteiger partial charge in [-0.2, -0.15) is 4.98 Å². The second-order valence-corrected chi connectivity index (χ2v) is 6.66. The normalized spacial score (nSPS) is 25.9. The molecule has 1 aliphatic rings. The molecule has 2 rings (SSSR count). The van der Waals surface area contributed by atoms with Crippen molar-refractivity contribution in [1.82, 2.24) is 9.97 Å². The van der Waals surface area contributed by atoms with Gasteiger partial charge in [-0.1, -0.05) is 32.4 Å². The Morgan fingerprint density at radius 2 is 2.16 bits per heavy atom. The molecule has 1 saturated carbocycles. The Hall–Kier alpha value is -1.03. The Morgan fingerprint density at radius 3 is 2.79 bits per heavy atom. The van der Waals surface area contributed by atoms with Gasteiger partial charge in [0, 0.05) is 7.05 Å². The maximum absolute atomic E-state index is 6.10. The van der Waals surface area contributed by atoms with E-state index in [-0.39, 0.29) is 6.10 Å². The molecule has 106 valence electrons. The summed E-state index contributed by atoms with van der Waals surface area (Å²) >= 11 is 6.10. The summed E-state index contributed by atoms with van der Waals surface area (Å²) < 4.78 is 6.01. The van der Waals surface area contributed by atoms with Crippen LogP contribution in [0.1, 0.15) is 40.0 Å². The van der Waals surface area contributed by atoms with Crippen LogP contribution in [0.2, 0.25) is 5.02 Å². The van der Waals surface area contributed by atoms with E-state index in [0.29, 0.717) is 28.2 Å². The van der Waals surface area contributed by atoms with E-state index in [2.05, 4.69) is 36.1 Å². The Kier molecular flexibility index (Phi) is 4.19. The highest BCUT2D eigenvalue weighted by atomic mass is 35.5. The Balaban J connectivity index is 2.12. The highest BCUT2D eigenvalue weighted by molar-refractivity contribution is 6.31. The molecule has 1 aromatic rings. The highest BCUT2D eigenvalue weighted by Gasteiger charge is 2.33. The van der Waals surface area contributed by atoms with Crippen LogP contribution in [-0.4, -0.2) is 23.1 Å².